The Morgan fingerprint density at radius 3 is 2.50 bits per heavy atom. The predicted octanol–water partition coefficient (Wildman–Crippen LogP) is 4.52. The molecule has 0 saturated heterocycles. The molecule has 0 aromatic carbocycles. The molecule has 0 aromatic heterocycles. The van der Waals surface area contributed by atoms with E-state index in [9.17, 15) is 9.90 Å². The number of allylic oxidation sites excluding steroid dienone is 1. The van der Waals surface area contributed by atoms with Crippen LogP contribution in [0.3, 0.4) is 0 Å². The van der Waals surface area contributed by atoms with Crippen LogP contribution in [0.25, 0.3) is 0 Å². The molecule has 1 N–H and O–H groups in total. The SMILES string of the molecule is CC1=C2C[C@@]3(C)CC[C@H](C(C)C)[C@@H]3CC[C@H](C)[C@]2(O)CC1=O. The quantitative estimate of drug-likeness (QED) is 0.773. The van der Waals surface area contributed by atoms with Gasteiger partial charge in [-0.1, -0.05) is 27.7 Å². The molecule has 0 amide bonds. The number of aliphatic hydroxyl groups is 1. The van der Waals surface area contributed by atoms with Crippen molar-refractivity contribution in [3.8, 4) is 0 Å². The van der Waals surface area contributed by atoms with E-state index < -0.39 is 5.60 Å². The van der Waals surface area contributed by atoms with Gasteiger partial charge in [0.1, 0.15) is 0 Å². The molecule has 0 aliphatic heterocycles. The number of carbonyl (C=O) groups excluding carboxylic acids is 1. The summed E-state index contributed by atoms with van der Waals surface area (Å²) in [6.45, 7) is 11.2. The first-order valence-electron chi connectivity index (χ1n) is 9.15. The Labute approximate surface area is 135 Å². The molecule has 0 unspecified atom stereocenters. The summed E-state index contributed by atoms with van der Waals surface area (Å²) in [6.07, 6.45) is 6.07. The van der Waals surface area contributed by atoms with Gasteiger partial charge < -0.3 is 5.11 Å². The average Bonchev–Trinajstić information content (AvgIpc) is 2.86. The second-order valence-corrected chi connectivity index (χ2v) is 8.99. The zero-order valence-electron chi connectivity index (χ0n) is 14.9. The lowest BCUT2D eigenvalue weighted by Crippen LogP contribution is -2.42. The molecule has 22 heavy (non-hydrogen) atoms. The van der Waals surface area contributed by atoms with Crippen LogP contribution >= 0.6 is 0 Å². The number of hydrogen-bond donors (Lipinski definition) is 1. The third kappa shape index (κ3) is 2.21. The molecule has 2 fully saturated rings. The minimum atomic E-state index is -0.856. The Kier molecular flexibility index (Phi) is 3.83. The van der Waals surface area contributed by atoms with Crippen molar-refractivity contribution in [2.75, 3.05) is 0 Å². The third-order valence-corrected chi connectivity index (χ3v) is 7.45. The van der Waals surface area contributed by atoms with Crippen LogP contribution in [0.5, 0.6) is 0 Å². The van der Waals surface area contributed by atoms with E-state index in [0.29, 0.717) is 6.42 Å². The van der Waals surface area contributed by atoms with Crippen LogP contribution in [0, 0.1) is 29.1 Å². The maximum absolute atomic E-state index is 12.3. The van der Waals surface area contributed by atoms with Crippen molar-refractivity contribution in [1.29, 1.82) is 0 Å². The van der Waals surface area contributed by atoms with E-state index in [1.807, 2.05) is 6.92 Å². The first kappa shape index (κ1) is 16.2. The first-order chi connectivity index (χ1) is 10.2. The molecule has 0 radical (unpaired) electrons. The second-order valence-electron chi connectivity index (χ2n) is 8.99. The Morgan fingerprint density at radius 2 is 1.86 bits per heavy atom. The highest BCUT2D eigenvalue weighted by Gasteiger charge is 2.54. The molecular weight excluding hydrogens is 272 g/mol. The Balaban J connectivity index is 2.01. The molecule has 3 rings (SSSR count). The molecule has 0 spiro atoms. The van der Waals surface area contributed by atoms with Gasteiger partial charge in [0.25, 0.3) is 0 Å². The van der Waals surface area contributed by atoms with Gasteiger partial charge in [0.15, 0.2) is 5.78 Å². The molecular formula is C20H32O2. The third-order valence-electron chi connectivity index (χ3n) is 7.45. The minimum absolute atomic E-state index is 0.171. The maximum atomic E-state index is 12.3. The highest BCUT2D eigenvalue weighted by molar-refractivity contribution is 6.00. The van der Waals surface area contributed by atoms with Crippen LogP contribution in [-0.2, 0) is 4.79 Å². The number of rotatable bonds is 1. The van der Waals surface area contributed by atoms with Crippen LogP contribution in [0.15, 0.2) is 11.1 Å². The average molecular weight is 304 g/mol. The van der Waals surface area contributed by atoms with E-state index in [1.54, 1.807) is 0 Å². The van der Waals surface area contributed by atoms with E-state index in [1.165, 1.54) is 19.3 Å². The lowest BCUT2D eigenvalue weighted by atomic mass is 9.62. The van der Waals surface area contributed by atoms with E-state index in [-0.39, 0.29) is 17.1 Å². The summed E-state index contributed by atoms with van der Waals surface area (Å²) in [7, 11) is 0. The fourth-order valence-corrected chi connectivity index (χ4v) is 5.79. The lowest BCUT2D eigenvalue weighted by molar-refractivity contribution is -0.118. The molecule has 2 nitrogen and oxygen atoms in total. The van der Waals surface area contributed by atoms with E-state index in [4.69, 9.17) is 0 Å². The summed E-state index contributed by atoms with van der Waals surface area (Å²) in [5.74, 6) is 2.66. The zero-order chi connectivity index (χ0) is 16.3. The smallest absolute Gasteiger partial charge is 0.161 e. The molecule has 2 heteroatoms. The van der Waals surface area contributed by atoms with Crippen molar-refractivity contribution >= 4 is 5.78 Å². The minimum Gasteiger partial charge on any atom is -0.385 e. The van der Waals surface area contributed by atoms with Gasteiger partial charge in [-0.3, -0.25) is 4.79 Å². The van der Waals surface area contributed by atoms with Gasteiger partial charge in [0, 0.05) is 6.42 Å². The summed E-state index contributed by atoms with van der Waals surface area (Å²) in [6, 6.07) is 0. The number of carbonyl (C=O) groups is 1. The molecule has 0 heterocycles. The summed E-state index contributed by atoms with van der Waals surface area (Å²) in [5.41, 5.74) is 1.36. The van der Waals surface area contributed by atoms with Gasteiger partial charge in [-0.2, -0.15) is 0 Å². The van der Waals surface area contributed by atoms with E-state index in [2.05, 4.69) is 27.7 Å². The van der Waals surface area contributed by atoms with E-state index in [0.717, 1.165) is 41.7 Å². The van der Waals surface area contributed by atoms with Crippen LogP contribution in [-0.4, -0.2) is 16.5 Å². The molecule has 124 valence electrons. The van der Waals surface area contributed by atoms with Gasteiger partial charge in [-0.05, 0) is 79.3 Å². The van der Waals surface area contributed by atoms with Crippen molar-refractivity contribution in [1.82, 2.24) is 0 Å². The number of ketones is 1. The van der Waals surface area contributed by atoms with Crippen molar-refractivity contribution in [3.05, 3.63) is 11.1 Å². The standard InChI is InChI=1S/C20H32O2/c1-12(2)15-8-9-19(5)10-17-14(4)18(21)11-20(17,22)13(3)6-7-16(15)19/h12-13,15-16,22H,6-11H2,1-5H3/t13-,15+,16-,19+,20+/m0/s1. The van der Waals surface area contributed by atoms with Crippen LogP contribution in [0.2, 0.25) is 0 Å². The van der Waals surface area contributed by atoms with Gasteiger partial charge in [-0.15, -0.1) is 0 Å². The lowest BCUT2D eigenvalue weighted by Gasteiger charge is -2.44. The van der Waals surface area contributed by atoms with Crippen LogP contribution in [0.4, 0.5) is 0 Å². The molecule has 3 aliphatic rings. The zero-order valence-corrected chi connectivity index (χ0v) is 14.9. The second kappa shape index (κ2) is 5.19. The Bertz CT molecular complexity index is 518. The number of fused-ring (bicyclic) bond motifs is 2. The fourth-order valence-electron chi connectivity index (χ4n) is 5.79. The Hall–Kier alpha value is -0.630. The number of Topliss-reactive ketones (excluding diaryl/α,β-unsaturated/α-hetero) is 1. The Morgan fingerprint density at radius 1 is 1.18 bits per heavy atom. The number of hydrogen-bond acceptors (Lipinski definition) is 2. The fraction of sp³-hybridized carbons (Fsp3) is 0.850. The van der Waals surface area contributed by atoms with Crippen LogP contribution in [0.1, 0.15) is 73.1 Å². The molecule has 2 saturated carbocycles. The predicted molar refractivity (Wildman–Crippen MR) is 89.4 cm³/mol. The van der Waals surface area contributed by atoms with Gasteiger partial charge in [0.2, 0.25) is 0 Å². The highest BCUT2D eigenvalue weighted by Crippen LogP contribution is 2.59. The van der Waals surface area contributed by atoms with E-state index >= 15 is 0 Å². The normalized spacial score (nSPS) is 45.8. The highest BCUT2D eigenvalue weighted by atomic mass is 16.3. The summed E-state index contributed by atoms with van der Waals surface area (Å²) in [4.78, 5) is 12.3. The van der Waals surface area contributed by atoms with Gasteiger partial charge >= 0.3 is 0 Å². The molecule has 0 bridgehead atoms. The van der Waals surface area contributed by atoms with Crippen LogP contribution < -0.4 is 0 Å². The maximum Gasteiger partial charge on any atom is 0.161 e. The van der Waals surface area contributed by atoms with Gasteiger partial charge in [0.05, 0.1) is 5.60 Å². The molecule has 0 aromatic rings. The largest absolute Gasteiger partial charge is 0.385 e. The molecule has 5 atom stereocenters. The van der Waals surface area contributed by atoms with Gasteiger partial charge in [-0.25, -0.2) is 0 Å². The van der Waals surface area contributed by atoms with Crippen molar-refractivity contribution < 1.29 is 9.90 Å². The summed E-state index contributed by atoms with van der Waals surface area (Å²) >= 11 is 0. The monoisotopic (exact) mass is 304 g/mol. The van der Waals surface area contributed by atoms with Crippen molar-refractivity contribution in [3.63, 3.8) is 0 Å². The molecule has 3 aliphatic carbocycles. The summed E-state index contributed by atoms with van der Waals surface area (Å²) in [5, 5.41) is 11.3. The van der Waals surface area contributed by atoms with Crippen molar-refractivity contribution in [2.45, 2.75) is 78.7 Å². The summed E-state index contributed by atoms with van der Waals surface area (Å²) < 4.78 is 0. The van der Waals surface area contributed by atoms with Crippen molar-refractivity contribution in [2.24, 2.45) is 29.1 Å². The first-order valence-corrected chi connectivity index (χ1v) is 9.15. The topological polar surface area (TPSA) is 37.3 Å².